The van der Waals surface area contributed by atoms with E-state index in [0.717, 1.165) is 37.2 Å². The highest BCUT2D eigenvalue weighted by atomic mass is 16.2. The van der Waals surface area contributed by atoms with Crippen molar-refractivity contribution in [2.75, 3.05) is 13.1 Å². The molecule has 0 radical (unpaired) electrons. The minimum absolute atomic E-state index is 0.239. The minimum Gasteiger partial charge on any atom is -0.342 e. The first kappa shape index (κ1) is 14.8. The molecule has 1 aliphatic rings. The van der Waals surface area contributed by atoms with Crippen molar-refractivity contribution in [3.63, 3.8) is 0 Å². The number of likely N-dealkylation sites (tertiary alicyclic amines) is 1. The average molecular weight is 301 g/mol. The number of nitrogens with one attached hydrogen (secondary N) is 1. The third-order valence-corrected chi connectivity index (χ3v) is 4.76. The number of rotatable bonds is 4. The number of hydrogen-bond acceptors (Lipinski definition) is 3. The molecule has 3 rings (SSSR count). The van der Waals surface area contributed by atoms with Gasteiger partial charge in [-0.1, -0.05) is 0 Å². The second-order valence-electron chi connectivity index (χ2n) is 6.17. The van der Waals surface area contributed by atoms with Gasteiger partial charge >= 0.3 is 0 Å². The van der Waals surface area contributed by atoms with Gasteiger partial charge in [-0.05, 0) is 37.8 Å². The van der Waals surface area contributed by atoms with Gasteiger partial charge in [0.1, 0.15) is 0 Å². The lowest BCUT2D eigenvalue weighted by molar-refractivity contribution is -0.130. The topological polar surface area (TPSA) is 66.8 Å². The molecular formula is C16H23N5O. The van der Waals surface area contributed by atoms with E-state index >= 15 is 0 Å². The maximum absolute atomic E-state index is 12.4. The highest BCUT2D eigenvalue weighted by Gasteiger charge is 2.28. The molecule has 1 atom stereocenters. The Balaban J connectivity index is 1.56. The van der Waals surface area contributed by atoms with Gasteiger partial charge in [0, 0.05) is 43.9 Å². The fourth-order valence-corrected chi connectivity index (χ4v) is 3.18. The Kier molecular flexibility index (Phi) is 4.00. The summed E-state index contributed by atoms with van der Waals surface area (Å²) in [6.45, 7) is 5.75. The predicted molar refractivity (Wildman–Crippen MR) is 83.5 cm³/mol. The summed E-state index contributed by atoms with van der Waals surface area (Å²) in [4.78, 5) is 14.4. The van der Waals surface area contributed by atoms with Crippen LogP contribution in [0.2, 0.25) is 0 Å². The summed E-state index contributed by atoms with van der Waals surface area (Å²) in [7, 11) is 1.93. The van der Waals surface area contributed by atoms with Crippen molar-refractivity contribution in [1.29, 1.82) is 0 Å². The van der Waals surface area contributed by atoms with Crippen LogP contribution in [0, 0.1) is 13.8 Å². The second-order valence-corrected chi connectivity index (χ2v) is 6.17. The molecule has 6 nitrogen and oxygen atoms in total. The third kappa shape index (κ3) is 2.77. The molecule has 1 saturated heterocycles. The molecule has 0 aliphatic carbocycles. The van der Waals surface area contributed by atoms with Crippen LogP contribution in [-0.2, 0) is 18.3 Å². The molecule has 0 spiro atoms. The van der Waals surface area contributed by atoms with E-state index in [9.17, 15) is 4.79 Å². The van der Waals surface area contributed by atoms with Crippen LogP contribution in [0.3, 0.4) is 0 Å². The second kappa shape index (κ2) is 5.94. The molecule has 1 amide bonds. The predicted octanol–water partition coefficient (Wildman–Crippen LogP) is 1.71. The van der Waals surface area contributed by atoms with Gasteiger partial charge in [-0.15, -0.1) is 0 Å². The lowest BCUT2D eigenvalue weighted by Gasteiger charge is -2.16. The van der Waals surface area contributed by atoms with E-state index in [2.05, 4.69) is 22.2 Å². The Morgan fingerprint density at radius 1 is 1.41 bits per heavy atom. The highest BCUT2D eigenvalue weighted by Crippen LogP contribution is 2.28. The number of hydrogen-bond donors (Lipinski definition) is 1. The van der Waals surface area contributed by atoms with Gasteiger partial charge in [0.2, 0.25) is 5.91 Å². The number of carbonyl (C=O) groups excluding carboxylic acids is 1. The molecule has 1 N–H and O–H groups in total. The van der Waals surface area contributed by atoms with Crippen LogP contribution in [0.4, 0.5) is 0 Å². The maximum Gasteiger partial charge on any atom is 0.222 e. The van der Waals surface area contributed by atoms with Crippen molar-refractivity contribution in [2.24, 2.45) is 7.05 Å². The summed E-state index contributed by atoms with van der Waals surface area (Å²) < 4.78 is 1.85. The molecule has 2 aromatic heterocycles. The number of aromatic amines is 1. The number of aromatic nitrogens is 4. The Labute approximate surface area is 130 Å². The van der Waals surface area contributed by atoms with Gasteiger partial charge in [0.25, 0.3) is 0 Å². The molecular weight excluding hydrogens is 278 g/mol. The number of aryl methyl sites for hydroxylation is 3. The zero-order chi connectivity index (χ0) is 15.7. The van der Waals surface area contributed by atoms with Gasteiger partial charge in [-0.25, -0.2) is 0 Å². The van der Waals surface area contributed by atoms with Gasteiger partial charge in [-0.2, -0.15) is 10.2 Å². The van der Waals surface area contributed by atoms with E-state index in [-0.39, 0.29) is 5.91 Å². The Morgan fingerprint density at radius 2 is 2.23 bits per heavy atom. The molecule has 118 valence electrons. The number of carbonyl (C=O) groups is 1. The average Bonchev–Trinajstić information content (AvgIpc) is 3.20. The van der Waals surface area contributed by atoms with Crippen LogP contribution in [0.25, 0.3) is 0 Å². The lowest BCUT2D eigenvalue weighted by atomic mass is 10.0. The zero-order valence-corrected chi connectivity index (χ0v) is 13.5. The van der Waals surface area contributed by atoms with Crippen LogP contribution in [-0.4, -0.2) is 43.9 Å². The fraction of sp³-hybridized carbons (Fsp3) is 0.562. The SMILES string of the molecule is Cc1cn[nH]c1[C@H]1CCN(C(=O)CCc2cnn(C)c2C)C1. The van der Waals surface area contributed by atoms with E-state index < -0.39 is 0 Å². The first-order chi connectivity index (χ1) is 10.6. The standard InChI is InChI=1S/C16H23N5O/c1-11-8-17-19-16(11)14-6-7-21(10-14)15(22)5-4-13-9-18-20(3)12(13)2/h8-9,14H,4-7,10H2,1-3H3,(H,17,19)/t14-/m0/s1. The van der Waals surface area contributed by atoms with Crippen molar-refractivity contribution < 1.29 is 4.79 Å². The number of amides is 1. The maximum atomic E-state index is 12.4. The van der Waals surface area contributed by atoms with Crippen molar-refractivity contribution in [3.05, 3.63) is 34.9 Å². The third-order valence-electron chi connectivity index (χ3n) is 4.76. The quantitative estimate of drug-likeness (QED) is 0.935. The molecule has 0 unspecified atom stereocenters. The van der Waals surface area contributed by atoms with Gasteiger partial charge in [0.05, 0.1) is 12.4 Å². The first-order valence-corrected chi connectivity index (χ1v) is 7.81. The minimum atomic E-state index is 0.239. The lowest BCUT2D eigenvalue weighted by Crippen LogP contribution is -2.28. The highest BCUT2D eigenvalue weighted by molar-refractivity contribution is 5.76. The summed E-state index contributed by atoms with van der Waals surface area (Å²) in [6, 6.07) is 0. The molecule has 0 bridgehead atoms. The van der Waals surface area contributed by atoms with Gasteiger partial charge in [0.15, 0.2) is 0 Å². The van der Waals surface area contributed by atoms with Crippen LogP contribution in [0.15, 0.2) is 12.4 Å². The van der Waals surface area contributed by atoms with Crippen LogP contribution >= 0.6 is 0 Å². The molecule has 0 aromatic carbocycles. The summed E-state index contributed by atoms with van der Waals surface area (Å²) in [6.07, 6.45) is 6.05. The molecule has 6 heteroatoms. The van der Waals surface area contributed by atoms with E-state index in [1.54, 1.807) is 0 Å². The van der Waals surface area contributed by atoms with Crippen molar-refractivity contribution in [1.82, 2.24) is 24.9 Å². The van der Waals surface area contributed by atoms with Crippen LogP contribution in [0.1, 0.15) is 41.3 Å². The normalized spacial score (nSPS) is 18.1. The summed E-state index contributed by atoms with van der Waals surface area (Å²) in [5, 5.41) is 11.4. The van der Waals surface area contributed by atoms with E-state index in [4.69, 9.17) is 0 Å². The number of nitrogens with zero attached hydrogens (tertiary/aromatic N) is 4. The largest absolute Gasteiger partial charge is 0.342 e. The summed E-state index contributed by atoms with van der Waals surface area (Å²) in [5.74, 6) is 0.634. The van der Waals surface area contributed by atoms with E-state index in [1.165, 1.54) is 11.3 Å². The molecule has 3 heterocycles. The first-order valence-electron chi connectivity index (χ1n) is 7.81. The smallest absolute Gasteiger partial charge is 0.222 e. The van der Waals surface area contributed by atoms with E-state index in [1.807, 2.05) is 35.9 Å². The molecule has 1 aliphatic heterocycles. The molecule has 0 saturated carbocycles. The Hall–Kier alpha value is -2.11. The fourth-order valence-electron chi connectivity index (χ4n) is 3.18. The Bertz CT molecular complexity index is 672. The summed E-state index contributed by atoms with van der Waals surface area (Å²) in [5.41, 5.74) is 4.67. The zero-order valence-electron chi connectivity index (χ0n) is 13.5. The van der Waals surface area contributed by atoms with Crippen molar-refractivity contribution in [3.8, 4) is 0 Å². The van der Waals surface area contributed by atoms with Crippen molar-refractivity contribution in [2.45, 2.75) is 39.0 Å². The summed E-state index contributed by atoms with van der Waals surface area (Å²) >= 11 is 0. The van der Waals surface area contributed by atoms with Gasteiger partial charge < -0.3 is 4.90 Å². The van der Waals surface area contributed by atoms with Gasteiger partial charge in [-0.3, -0.25) is 14.6 Å². The van der Waals surface area contributed by atoms with E-state index in [0.29, 0.717) is 12.3 Å². The number of H-pyrrole nitrogens is 1. The monoisotopic (exact) mass is 301 g/mol. The van der Waals surface area contributed by atoms with Crippen molar-refractivity contribution >= 4 is 5.91 Å². The molecule has 1 fully saturated rings. The van der Waals surface area contributed by atoms with Crippen LogP contribution in [0.5, 0.6) is 0 Å². The molecule has 2 aromatic rings. The Morgan fingerprint density at radius 3 is 2.86 bits per heavy atom. The van der Waals surface area contributed by atoms with Crippen LogP contribution < -0.4 is 0 Å². The molecule has 22 heavy (non-hydrogen) atoms.